The van der Waals surface area contributed by atoms with Crippen molar-refractivity contribution in [3.63, 3.8) is 0 Å². The van der Waals surface area contributed by atoms with Crippen molar-refractivity contribution in [2.45, 2.75) is 60.1 Å². The molecule has 118 valence electrons. The van der Waals surface area contributed by atoms with Crippen LogP contribution in [0.15, 0.2) is 24.1 Å². The van der Waals surface area contributed by atoms with Gasteiger partial charge in [-0.1, -0.05) is 18.2 Å². The van der Waals surface area contributed by atoms with E-state index in [2.05, 4.69) is 78.3 Å². The second-order valence-corrected chi connectivity index (χ2v) is 16.4. The summed E-state index contributed by atoms with van der Waals surface area (Å²) in [6.45, 7) is 19.6. The molecule has 0 atom stereocenters. The van der Waals surface area contributed by atoms with Gasteiger partial charge in [-0.2, -0.15) is 0 Å². The first-order chi connectivity index (χ1) is 9.41. The van der Waals surface area contributed by atoms with Crippen molar-refractivity contribution in [2.24, 2.45) is 0 Å². The number of allylic oxidation sites excluding steroid dienone is 1. The van der Waals surface area contributed by atoms with Crippen LogP contribution in [0.2, 0.25) is 39.3 Å². The van der Waals surface area contributed by atoms with Gasteiger partial charge in [0.15, 0.2) is 0 Å². The molecule has 0 spiro atoms. The van der Waals surface area contributed by atoms with Crippen LogP contribution in [0.5, 0.6) is 0 Å². The highest BCUT2D eigenvalue weighted by molar-refractivity contribution is 6.71. The third-order valence-corrected chi connectivity index (χ3v) is 4.71. The summed E-state index contributed by atoms with van der Waals surface area (Å²) in [6, 6.07) is 6.39. The average molecular weight is 323 g/mol. The lowest BCUT2D eigenvalue weighted by molar-refractivity contribution is 0.219. The Balaban J connectivity index is 3.35. The van der Waals surface area contributed by atoms with Crippen molar-refractivity contribution < 1.29 is 8.85 Å². The van der Waals surface area contributed by atoms with Crippen molar-refractivity contribution in [3.05, 3.63) is 40.8 Å². The van der Waals surface area contributed by atoms with Crippen LogP contribution in [0.4, 0.5) is 0 Å². The topological polar surface area (TPSA) is 18.5 Å². The zero-order valence-electron chi connectivity index (χ0n) is 15.0. The monoisotopic (exact) mass is 322 g/mol. The molecule has 0 saturated heterocycles. The summed E-state index contributed by atoms with van der Waals surface area (Å²) in [5.41, 5.74) is 4.93. The van der Waals surface area contributed by atoms with E-state index in [0.29, 0.717) is 0 Å². The Morgan fingerprint density at radius 2 is 1.33 bits per heavy atom. The molecule has 21 heavy (non-hydrogen) atoms. The van der Waals surface area contributed by atoms with Gasteiger partial charge < -0.3 is 8.85 Å². The third-order valence-electron chi connectivity index (χ3n) is 3.11. The van der Waals surface area contributed by atoms with E-state index in [1.165, 1.54) is 16.7 Å². The molecule has 1 aromatic carbocycles. The molecular weight excluding hydrogens is 292 g/mol. The third kappa shape index (κ3) is 5.71. The first-order valence-electron chi connectivity index (χ1n) is 7.56. The van der Waals surface area contributed by atoms with Gasteiger partial charge in [-0.3, -0.25) is 0 Å². The van der Waals surface area contributed by atoms with Gasteiger partial charge in [0.2, 0.25) is 16.6 Å². The number of hydrogen-bond donors (Lipinski definition) is 0. The summed E-state index contributed by atoms with van der Waals surface area (Å²) in [6.07, 6.45) is 0. The van der Waals surface area contributed by atoms with Crippen molar-refractivity contribution >= 4 is 22.2 Å². The highest BCUT2D eigenvalue weighted by Crippen LogP contribution is 2.28. The molecule has 0 radical (unpaired) electrons. The smallest absolute Gasteiger partial charge is 0.255 e. The van der Waals surface area contributed by atoms with Crippen molar-refractivity contribution in [3.8, 4) is 0 Å². The predicted octanol–water partition coefficient (Wildman–Crippen LogP) is 5.69. The summed E-state index contributed by atoms with van der Waals surface area (Å²) < 4.78 is 12.5. The molecular formula is C17H30O2Si2. The lowest BCUT2D eigenvalue weighted by atomic mass is 9.98. The zero-order chi connectivity index (χ0) is 16.4. The van der Waals surface area contributed by atoms with Gasteiger partial charge in [-0.05, 0) is 76.7 Å². The normalized spacial score (nSPS) is 12.0. The van der Waals surface area contributed by atoms with Gasteiger partial charge in [0, 0.05) is 5.57 Å². The van der Waals surface area contributed by atoms with E-state index in [4.69, 9.17) is 8.85 Å². The molecule has 0 saturated carbocycles. The fourth-order valence-electron chi connectivity index (χ4n) is 2.00. The molecule has 0 amide bonds. The van der Waals surface area contributed by atoms with E-state index in [1.807, 2.05) is 0 Å². The molecule has 0 fully saturated rings. The van der Waals surface area contributed by atoms with E-state index in [-0.39, 0.29) is 0 Å². The summed E-state index contributed by atoms with van der Waals surface area (Å²) in [5.74, 6) is 0.738. The Morgan fingerprint density at radius 3 is 1.76 bits per heavy atom. The van der Waals surface area contributed by atoms with Crippen LogP contribution < -0.4 is 0 Å². The number of aryl methyl sites for hydroxylation is 1. The van der Waals surface area contributed by atoms with Crippen molar-refractivity contribution in [1.82, 2.24) is 0 Å². The van der Waals surface area contributed by atoms with Crippen LogP contribution in [0.3, 0.4) is 0 Å². The average Bonchev–Trinajstić information content (AvgIpc) is 2.27. The van der Waals surface area contributed by atoms with Crippen LogP contribution in [0.25, 0.3) is 5.57 Å². The first-order valence-corrected chi connectivity index (χ1v) is 14.4. The van der Waals surface area contributed by atoms with Crippen molar-refractivity contribution in [2.75, 3.05) is 0 Å². The maximum absolute atomic E-state index is 6.26. The molecule has 1 aromatic rings. The molecule has 0 aliphatic carbocycles. The van der Waals surface area contributed by atoms with E-state index >= 15 is 0 Å². The summed E-state index contributed by atoms with van der Waals surface area (Å²) >= 11 is 0. The first kappa shape index (κ1) is 18.0. The Morgan fingerprint density at radius 1 is 0.857 bits per heavy atom. The predicted molar refractivity (Wildman–Crippen MR) is 97.4 cm³/mol. The van der Waals surface area contributed by atoms with Gasteiger partial charge in [-0.25, -0.2) is 0 Å². The molecule has 0 bridgehead atoms. The van der Waals surface area contributed by atoms with E-state index in [9.17, 15) is 0 Å². The molecule has 4 heteroatoms. The van der Waals surface area contributed by atoms with E-state index in [0.717, 1.165) is 11.5 Å². The van der Waals surface area contributed by atoms with Gasteiger partial charge >= 0.3 is 0 Å². The summed E-state index contributed by atoms with van der Waals surface area (Å²) in [4.78, 5) is 0. The lowest BCUT2D eigenvalue weighted by Crippen LogP contribution is -2.32. The van der Waals surface area contributed by atoms with Crippen LogP contribution in [0, 0.1) is 13.8 Å². The molecule has 0 aliphatic rings. The van der Waals surface area contributed by atoms with Crippen LogP contribution in [-0.2, 0) is 8.85 Å². The highest BCUT2D eigenvalue weighted by Gasteiger charge is 2.26. The number of hydrogen-bond acceptors (Lipinski definition) is 2. The minimum atomic E-state index is -1.71. The molecule has 0 unspecified atom stereocenters. The zero-order valence-corrected chi connectivity index (χ0v) is 17.0. The van der Waals surface area contributed by atoms with Crippen LogP contribution in [-0.4, -0.2) is 16.6 Å². The van der Waals surface area contributed by atoms with Gasteiger partial charge in [0.1, 0.15) is 0 Å². The SMILES string of the molecule is CC(=C(O[Si](C)(C)C)O[Si](C)(C)C)c1cccc(C)c1C. The molecule has 0 N–H and O–H groups in total. The standard InChI is InChI=1S/C17H30O2Si2/c1-13-11-10-12-16(14(13)2)15(3)17(18-20(4,5)6)19-21(7,8)9/h10-12H,1-9H3. The number of benzene rings is 1. The second-order valence-electron chi connectivity index (χ2n) is 7.59. The summed E-state index contributed by atoms with van der Waals surface area (Å²) in [5, 5.41) is 0. The minimum Gasteiger partial charge on any atom is -0.520 e. The fourth-order valence-corrected chi connectivity index (χ4v) is 3.58. The molecule has 1 rings (SSSR count). The van der Waals surface area contributed by atoms with Gasteiger partial charge in [0.25, 0.3) is 5.95 Å². The molecule has 0 heterocycles. The van der Waals surface area contributed by atoms with Crippen molar-refractivity contribution in [1.29, 1.82) is 0 Å². The maximum atomic E-state index is 6.26. The Kier molecular flexibility index (Phi) is 5.50. The Labute approximate surface area is 132 Å². The molecule has 2 nitrogen and oxygen atoms in total. The minimum absolute atomic E-state index is 0.738. The van der Waals surface area contributed by atoms with E-state index in [1.54, 1.807) is 0 Å². The Bertz CT molecular complexity index is 517. The molecule has 0 aliphatic heterocycles. The maximum Gasteiger partial charge on any atom is 0.255 e. The number of rotatable bonds is 5. The van der Waals surface area contributed by atoms with Crippen LogP contribution >= 0.6 is 0 Å². The summed E-state index contributed by atoms with van der Waals surface area (Å²) in [7, 11) is -3.41. The quantitative estimate of drug-likeness (QED) is 0.512. The van der Waals surface area contributed by atoms with Gasteiger partial charge in [0.05, 0.1) is 0 Å². The van der Waals surface area contributed by atoms with Crippen LogP contribution in [0.1, 0.15) is 23.6 Å². The Hall–Kier alpha value is -1.01. The second kappa shape index (κ2) is 6.40. The fraction of sp³-hybridized carbons (Fsp3) is 0.529. The van der Waals surface area contributed by atoms with E-state index < -0.39 is 16.6 Å². The largest absolute Gasteiger partial charge is 0.520 e. The lowest BCUT2D eigenvalue weighted by Gasteiger charge is -2.29. The van der Waals surface area contributed by atoms with Gasteiger partial charge in [-0.15, -0.1) is 0 Å². The molecule has 0 aromatic heterocycles. The highest BCUT2D eigenvalue weighted by atomic mass is 28.4.